The van der Waals surface area contributed by atoms with Crippen LogP contribution in [-0.4, -0.2) is 37.6 Å². The molecule has 0 aromatic heterocycles. The number of nitro groups is 1. The van der Waals surface area contributed by atoms with Gasteiger partial charge in [-0.15, -0.1) is 0 Å². The van der Waals surface area contributed by atoms with Gasteiger partial charge in [-0.25, -0.2) is 13.1 Å². The predicted molar refractivity (Wildman–Crippen MR) is 63.3 cm³/mol. The van der Waals surface area contributed by atoms with E-state index in [1.165, 1.54) is 12.1 Å². The fraction of sp³-hybridized carbons (Fsp3) is 0.333. The molecule has 0 saturated carbocycles. The second-order valence-electron chi connectivity index (χ2n) is 3.46. The van der Waals surface area contributed by atoms with E-state index in [2.05, 4.69) is 4.72 Å². The minimum absolute atomic E-state index is 0.115. The molecule has 4 N–H and O–H groups in total. The van der Waals surface area contributed by atoms with Gasteiger partial charge < -0.3 is 10.8 Å². The van der Waals surface area contributed by atoms with Crippen molar-refractivity contribution in [2.75, 3.05) is 13.2 Å². The third-order valence-electron chi connectivity index (χ3n) is 2.18. The van der Waals surface area contributed by atoms with E-state index in [-0.39, 0.29) is 6.54 Å². The molecule has 0 aliphatic rings. The molecule has 1 aromatic rings. The van der Waals surface area contributed by atoms with Crippen molar-refractivity contribution >= 4 is 15.7 Å². The van der Waals surface area contributed by atoms with Crippen molar-refractivity contribution in [3.8, 4) is 0 Å². The smallest absolute Gasteiger partial charge is 0.289 e. The molecule has 0 amide bonds. The summed E-state index contributed by atoms with van der Waals surface area (Å²) in [6, 6.07) is 4.06. The number of nitrogens with two attached hydrogens (primary N) is 1. The molecule has 100 valence electrons. The molecule has 0 saturated heterocycles. The zero-order valence-electron chi connectivity index (χ0n) is 9.31. The van der Waals surface area contributed by atoms with Crippen LogP contribution in [0.15, 0.2) is 29.2 Å². The third-order valence-corrected chi connectivity index (χ3v) is 3.75. The standard InChI is InChI=1S/C9H13N3O5S/c10-5-7(6-13)11-18(16,17)9-4-2-1-3-8(9)12(14)15/h1-4,7,11,13H,5-6,10H2/t7-/m0/s1. The summed E-state index contributed by atoms with van der Waals surface area (Å²) in [7, 11) is -4.09. The van der Waals surface area contributed by atoms with Crippen LogP contribution in [0.3, 0.4) is 0 Å². The summed E-state index contributed by atoms with van der Waals surface area (Å²) in [6.45, 7) is -0.604. The molecular weight excluding hydrogens is 262 g/mol. The lowest BCUT2D eigenvalue weighted by Crippen LogP contribution is -2.42. The highest BCUT2D eigenvalue weighted by molar-refractivity contribution is 7.89. The molecular formula is C9H13N3O5S. The van der Waals surface area contributed by atoms with Gasteiger partial charge in [-0.3, -0.25) is 10.1 Å². The van der Waals surface area contributed by atoms with Crippen LogP contribution in [0.5, 0.6) is 0 Å². The molecule has 1 rings (SSSR count). The van der Waals surface area contributed by atoms with Crippen molar-refractivity contribution in [2.45, 2.75) is 10.9 Å². The summed E-state index contributed by atoms with van der Waals surface area (Å²) in [6.07, 6.45) is 0. The molecule has 0 heterocycles. The molecule has 0 aliphatic heterocycles. The summed E-state index contributed by atoms with van der Waals surface area (Å²) in [5.74, 6) is 0. The SMILES string of the molecule is NC[C@@H](CO)NS(=O)(=O)c1ccccc1[N+](=O)[O-]. The number of benzene rings is 1. The van der Waals surface area contributed by atoms with E-state index in [4.69, 9.17) is 10.8 Å². The summed E-state index contributed by atoms with van der Waals surface area (Å²) in [4.78, 5) is 9.49. The highest BCUT2D eigenvalue weighted by atomic mass is 32.2. The van der Waals surface area contributed by atoms with Gasteiger partial charge in [-0.1, -0.05) is 12.1 Å². The van der Waals surface area contributed by atoms with E-state index in [1.807, 2.05) is 0 Å². The molecule has 8 nitrogen and oxygen atoms in total. The molecule has 18 heavy (non-hydrogen) atoms. The molecule has 0 spiro atoms. The summed E-state index contributed by atoms with van der Waals surface area (Å²) in [5, 5.41) is 19.6. The molecule has 0 fully saturated rings. The number of nitrogens with one attached hydrogen (secondary N) is 1. The Bertz CT molecular complexity index is 527. The van der Waals surface area contributed by atoms with Crippen LogP contribution in [0.25, 0.3) is 0 Å². The van der Waals surface area contributed by atoms with Crippen molar-refractivity contribution in [2.24, 2.45) is 5.73 Å². The molecule has 9 heteroatoms. The summed E-state index contributed by atoms with van der Waals surface area (Å²) >= 11 is 0. The second kappa shape index (κ2) is 5.87. The van der Waals surface area contributed by atoms with Gasteiger partial charge in [0, 0.05) is 12.6 Å². The Kier molecular flexibility index (Phi) is 4.73. The lowest BCUT2D eigenvalue weighted by Gasteiger charge is -2.14. The van der Waals surface area contributed by atoms with Gasteiger partial charge in [0.1, 0.15) is 0 Å². The average molecular weight is 275 g/mol. The monoisotopic (exact) mass is 275 g/mol. The Hall–Kier alpha value is -1.55. The number of sulfonamides is 1. The van der Waals surface area contributed by atoms with Crippen molar-refractivity contribution in [3.63, 3.8) is 0 Å². The zero-order valence-corrected chi connectivity index (χ0v) is 10.1. The Labute approximate surface area is 104 Å². The van der Waals surface area contributed by atoms with Crippen molar-refractivity contribution in [3.05, 3.63) is 34.4 Å². The van der Waals surface area contributed by atoms with Crippen LogP contribution < -0.4 is 10.5 Å². The van der Waals surface area contributed by atoms with E-state index in [9.17, 15) is 18.5 Å². The predicted octanol–water partition coefficient (Wildman–Crippen LogP) is -0.807. The Morgan fingerprint density at radius 3 is 2.56 bits per heavy atom. The van der Waals surface area contributed by atoms with Crippen LogP contribution >= 0.6 is 0 Å². The van der Waals surface area contributed by atoms with Gasteiger partial charge >= 0.3 is 0 Å². The van der Waals surface area contributed by atoms with Crippen LogP contribution in [0.2, 0.25) is 0 Å². The van der Waals surface area contributed by atoms with Crippen LogP contribution in [0.1, 0.15) is 0 Å². The maximum Gasteiger partial charge on any atom is 0.289 e. The normalized spacial score (nSPS) is 13.2. The fourth-order valence-corrected chi connectivity index (χ4v) is 2.69. The first-order valence-corrected chi connectivity index (χ1v) is 6.47. The molecule has 1 atom stereocenters. The number of para-hydroxylation sites is 1. The molecule has 0 aliphatic carbocycles. The highest BCUT2D eigenvalue weighted by Crippen LogP contribution is 2.22. The first kappa shape index (κ1) is 14.5. The number of aliphatic hydroxyl groups is 1. The highest BCUT2D eigenvalue weighted by Gasteiger charge is 2.26. The number of aliphatic hydroxyl groups excluding tert-OH is 1. The van der Waals surface area contributed by atoms with E-state index in [0.29, 0.717) is 0 Å². The first-order valence-electron chi connectivity index (χ1n) is 4.99. The summed E-state index contributed by atoms with van der Waals surface area (Å²) < 4.78 is 25.9. The third kappa shape index (κ3) is 3.23. The lowest BCUT2D eigenvalue weighted by atomic mass is 10.3. The van der Waals surface area contributed by atoms with Gasteiger partial charge in [0.15, 0.2) is 4.90 Å². The van der Waals surface area contributed by atoms with Crippen molar-refractivity contribution in [1.29, 1.82) is 0 Å². The van der Waals surface area contributed by atoms with Gasteiger partial charge in [-0.2, -0.15) is 0 Å². The average Bonchev–Trinajstić information content (AvgIpc) is 2.36. The number of rotatable bonds is 6. The minimum Gasteiger partial charge on any atom is -0.395 e. The van der Waals surface area contributed by atoms with E-state index >= 15 is 0 Å². The molecule has 0 unspecified atom stereocenters. The Morgan fingerprint density at radius 2 is 2.06 bits per heavy atom. The second-order valence-corrected chi connectivity index (χ2v) is 5.14. The number of hydrogen-bond donors (Lipinski definition) is 3. The lowest BCUT2D eigenvalue weighted by molar-refractivity contribution is -0.387. The maximum atomic E-state index is 11.9. The van der Waals surface area contributed by atoms with Crippen LogP contribution in [0, 0.1) is 10.1 Å². The van der Waals surface area contributed by atoms with Gasteiger partial charge in [0.05, 0.1) is 17.6 Å². The minimum atomic E-state index is -4.09. The molecule has 0 bridgehead atoms. The van der Waals surface area contributed by atoms with Crippen LogP contribution in [0.4, 0.5) is 5.69 Å². The quantitative estimate of drug-likeness (QED) is 0.459. The molecule has 1 aromatic carbocycles. The van der Waals surface area contributed by atoms with Crippen molar-refractivity contribution in [1.82, 2.24) is 4.72 Å². The number of hydrogen-bond acceptors (Lipinski definition) is 6. The largest absolute Gasteiger partial charge is 0.395 e. The van der Waals surface area contributed by atoms with E-state index < -0.39 is 38.2 Å². The Balaban J connectivity index is 3.16. The van der Waals surface area contributed by atoms with E-state index in [1.54, 1.807) is 0 Å². The first-order chi connectivity index (χ1) is 8.42. The van der Waals surface area contributed by atoms with Crippen molar-refractivity contribution < 1.29 is 18.4 Å². The zero-order chi connectivity index (χ0) is 13.8. The fourth-order valence-electron chi connectivity index (χ4n) is 1.28. The molecule has 0 radical (unpaired) electrons. The van der Waals surface area contributed by atoms with Gasteiger partial charge in [0.2, 0.25) is 10.0 Å². The van der Waals surface area contributed by atoms with E-state index in [0.717, 1.165) is 12.1 Å². The Morgan fingerprint density at radius 1 is 1.44 bits per heavy atom. The van der Waals surface area contributed by atoms with Gasteiger partial charge in [-0.05, 0) is 6.07 Å². The number of nitrogens with zero attached hydrogens (tertiary/aromatic N) is 1. The summed E-state index contributed by atoms with van der Waals surface area (Å²) in [5.41, 5.74) is 4.72. The number of nitro benzene ring substituents is 1. The van der Waals surface area contributed by atoms with Gasteiger partial charge in [0.25, 0.3) is 5.69 Å². The topological polar surface area (TPSA) is 136 Å². The maximum absolute atomic E-state index is 11.9. The van der Waals surface area contributed by atoms with Crippen LogP contribution in [-0.2, 0) is 10.0 Å².